The Morgan fingerprint density at radius 1 is 1.08 bits per heavy atom. The summed E-state index contributed by atoms with van der Waals surface area (Å²) in [6.45, 7) is 10.8. The molecule has 0 saturated heterocycles. The predicted molar refractivity (Wildman–Crippen MR) is 105 cm³/mol. The van der Waals surface area contributed by atoms with E-state index in [0.717, 1.165) is 23.0 Å². The van der Waals surface area contributed by atoms with E-state index in [0.29, 0.717) is 5.69 Å². The van der Waals surface area contributed by atoms with E-state index in [1.54, 1.807) is 4.80 Å². The van der Waals surface area contributed by atoms with E-state index in [4.69, 9.17) is 0 Å². The van der Waals surface area contributed by atoms with Gasteiger partial charge in [-0.2, -0.15) is 0 Å². The van der Waals surface area contributed by atoms with Crippen molar-refractivity contribution >= 4 is 11.0 Å². The summed E-state index contributed by atoms with van der Waals surface area (Å²) < 4.78 is 0. The molecule has 4 nitrogen and oxygen atoms in total. The lowest BCUT2D eigenvalue weighted by atomic mass is 9.83. The lowest BCUT2D eigenvalue weighted by molar-refractivity contribution is 0.453. The summed E-state index contributed by atoms with van der Waals surface area (Å²) in [5.74, 6) is 0.550. The molecule has 0 aliphatic carbocycles. The lowest BCUT2D eigenvalue weighted by Gasteiger charge is -2.23. The molecular weight excluding hydrogens is 310 g/mol. The molecule has 1 N–H and O–H groups in total. The van der Waals surface area contributed by atoms with Gasteiger partial charge in [0.25, 0.3) is 0 Å². The van der Waals surface area contributed by atoms with E-state index in [1.807, 2.05) is 30.3 Å². The molecule has 1 heterocycles. The van der Waals surface area contributed by atoms with Gasteiger partial charge < -0.3 is 5.11 Å². The number of phenols is 1. The zero-order chi connectivity index (χ0) is 17.5. The molecule has 0 radical (unpaired) electrons. The quantitative estimate of drug-likeness (QED) is 0.678. The zero-order valence-corrected chi connectivity index (χ0v) is 15.0. The van der Waals surface area contributed by atoms with E-state index in [9.17, 15) is 5.11 Å². The molecule has 3 rings (SSSR count). The summed E-state index contributed by atoms with van der Waals surface area (Å²) in [4.78, 5) is 1.56. The van der Waals surface area contributed by atoms with Crippen molar-refractivity contribution < 1.29 is 5.11 Å². The molecule has 3 aromatic rings. The van der Waals surface area contributed by atoms with Crippen LogP contribution in [0.5, 0.6) is 5.75 Å². The van der Waals surface area contributed by atoms with Gasteiger partial charge in [0.2, 0.25) is 0 Å². The Bertz CT molecular complexity index is 841. The third kappa shape index (κ3) is 3.53. The van der Waals surface area contributed by atoms with Crippen molar-refractivity contribution in [2.75, 3.05) is 0 Å². The van der Waals surface area contributed by atoms with Crippen molar-refractivity contribution in [2.45, 2.75) is 59.8 Å². The molecule has 1 atom stereocenters. The third-order valence-electron chi connectivity index (χ3n) is 4.63. The molecule has 0 amide bonds. The number of fused-ring (bicyclic) bond motifs is 1. The van der Waals surface area contributed by atoms with Gasteiger partial charge in [-0.1, -0.05) is 60.2 Å². The highest BCUT2D eigenvalue weighted by Crippen LogP contribution is 2.37. The topological polar surface area (TPSA) is 50.9 Å². The van der Waals surface area contributed by atoms with Gasteiger partial charge in [-0.3, -0.25) is 0 Å². The number of aromatic nitrogens is 3. The second-order valence-electron chi connectivity index (χ2n) is 7.47. The lowest BCUT2D eigenvalue weighted by Crippen LogP contribution is -2.14. The first kappa shape index (κ1) is 19.0. The van der Waals surface area contributed by atoms with Crippen LogP contribution in [0.4, 0.5) is 0 Å². The number of aromatic hydroxyl groups is 1. The molecule has 0 fully saturated rings. The minimum absolute atomic E-state index is 0. The first-order valence-electron chi connectivity index (χ1n) is 8.51. The van der Waals surface area contributed by atoms with Crippen molar-refractivity contribution in [1.29, 1.82) is 0 Å². The number of rotatable bonds is 3. The predicted octanol–water partition coefficient (Wildman–Crippen LogP) is 5.57. The van der Waals surface area contributed by atoms with Crippen molar-refractivity contribution in [3.63, 3.8) is 0 Å². The molecule has 0 aliphatic rings. The number of phenolic OH excluding ortho intramolecular Hbond substituents is 1. The SMILES string of the molecule is C.CCC(C)c1cc(C(C)(C)C)cc(-n2nc3ccccc3n2)c1O. The molecule has 0 spiro atoms. The molecule has 25 heavy (non-hydrogen) atoms. The van der Waals surface area contributed by atoms with Gasteiger partial charge in [0.15, 0.2) is 0 Å². The third-order valence-corrected chi connectivity index (χ3v) is 4.63. The van der Waals surface area contributed by atoms with Gasteiger partial charge in [-0.15, -0.1) is 15.0 Å². The number of hydrogen-bond donors (Lipinski definition) is 1. The fraction of sp³-hybridized carbons (Fsp3) is 0.429. The Hall–Kier alpha value is -2.36. The maximum Gasteiger partial charge on any atom is 0.146 e. The summed E-state index contributed by atoms with van der Waals surface area (Å²) in [5.41, 5.74) is 4.41. The minimum Gasteiger partial charge on any atom is -0.505 e. The Labute approximate surface area is 150 Å². The molecule has 2 aromatic carbocycles. The average molecular weight is 339 g/mol. The fourth-order valence-electron chi connectivity index (χ4n) is 2.79. The maximum absolute atomic E-state index is 10.9. The van der Waals surface area contributed by atoms with Crippen molar-refractivity contribution in [1.82, 2.24) is 15.0 Å². The van der Waals surface area contributed by atoms with E-state index in [-0.39, 0.29) is 24.5 Å². The van der Waals surface area contributed by atoms with Gasteiger partial charge >= 0.3 is 0 Å². The standard InChI is InChI=1S/C20H25N3O.CH4/c1-6-13(2)15-11-14(20(3,4)5)12-18(19(15)24)23-21-16-9-7-8-10-17(16)22-23;/h7-13,24H,6H2,1-5H3;1H4. The molecule has 134 valence electrons. The van der Waals surface area contributed by atoms with Crippen LogP contribution in [0.2, 0.25) is 0 Å². The largest absolute Gasteiger partial charge is 0.505 e. The maximum atomic E-state index is 10.9. The molecular formula is C21H29N3O. The van der Waals surface area contributed by atoms with Crippen LogP contribution >= 0.6 is 0 Å². The number of nitrogens with zero attached hydrogens (tertiary/aromatic N) is 3. The molecule has 4 heteroatoms. The Morgan fingerprint density at radius 3 is 2.12 bits per heavy atom. The monoisotopic (exact) mass is 339 g/mol. The fourth-order valence-corrected chi connectivity index (χ4v) is 2.79. The smallest absolute Gasteiger partial charge is 0.146 e. The molecule has 1 aromatic heterocycles. The summed E-state index contributed by atoms with van der Waals surface area (Å²) in [5, 5.41) is 19.9. The first-order chi connectivity index (χ1) is 11.3. The highest BCUT2D eigenvalue weighted by molar-refractivity contribution is 5.73. The van der Waals surface area contributed by atoms with Gasteiger partial charge in [-0.25, -0.2) is 0 Å². The van der Waals surface area contributed by atoms with Crippen LogP contribution in [-0.2, 0) is 5.41 Å². The summed E-state index contributed by atoms with van der Waals surface area (Å²) in [6.07, 6.45) is 0.967. The van der Waals surface area contributed by atoms with Crippen molar-refractivity contribution in [3.05, 3.63) is 47.5 Å². The van der Waals surface area contributed by atoms with Crippen LogP contribution < -0.4 is 0 Å². The molecule has 1 unspecified atom stereocenters. The van der Waals surface area contributed by atoms with E-state index >= 15 is 0 Å². The zero-order valence-electron chi connectivity index (χ0n) is 15.0. The molecule has 0 aliphatic heterocycles. The number of hydrogen-bond acceptors (Lipinski definition) is 3. The summed E-state index contributed by atoms with van der Waals surface area (Å²) >= 11 is 0. The van der Waals surface area contributed by atoms with Crippen LogP contribution in [-0.4, -0.2) is 20.1 Å². The second kappa shape index (κ2) is 6.87. The minimum atomic E-state index is -0.0166. The van der Waals surface area contributed by atoms with Crippen LogP contribution in [0.1, 0.15) is 65.5 Å². The average Bonchev–Trinajstić information content (AvgIpc) is 2.97. The van der Waals surface area contributed by atoms with E-state index in [2.05, 4.69) is 50.9 Å². The first-order valence-corrected chi connectivity index (χ1v) is 8.51. The van der Waals surface area contributed by atoms with Gasteiger partial charge in [0.05, 0.1) is 0 Å². The number of benzene rings is 2. The second-order valence-corrected chi connectivity index (χ2v) is 7.47. The normalized spacial score (nSPS) is 12.8. The highest BCUT2D eigenvalue weighted by atomic mass is 16.3. The van der Waals surface area contributed by atoms with Crippen LogP contribution in [0.3, 0.4) is 0 Å². The Balaban J connectivity index is 0.00000225. The van der Waals surface area contributed by atoms with E-state index in [1.165, 1.54) is 5.56 Å². The Morgan fingerprint density at radius 2 is 1.64 bits per heavy atom. The Kier molecular flexibility index (Phi) is 5.21. The van der Waals surface area contributed by atoms with Crippen LogP contribution in [0, 0.1) is 0 Å². The van der Waals surface area contributed by atoms with Gasteiger partial charge in [0.1, 0.15) is 22.5 Å². The van der Waals surface area contributed by atoms with Crippen molar-refractivity contribution in [3.8, 4) is 11.4 Å². The molecule has 0 bridgehead atoms. The van der Waals surface area contributed by atoms with Gasteiger partial charge in [0, 0.05) is 0 Å². The summed E-state index contributed by atoms with van der Waals surface area (Å²) in [6, 6.07) is 11.9. The van der Waals surface area contributed by atoms with Gasteiger partial charge in [-0.05, 0) is 47.1 Å². The summed E-state index contributed by atoms with van der Waals surface area (Å²) in [7, 11) is 0. The molecule has 0 saturated carbocycles. The van der Waals surface area contributed by atoms with E-state index < -0.39 is 0 Å². The highest BCUT2D eigenvalue weighted by Gasteiger charge is 2.22. The van der Waals surface area contributed by atoms with Crippen LogP contribution in [0.25, 0.3) is 16.7 Å². The van der Waals surface area contributed by atoms with Crippen LogP contribution in [0.15, 0.2) is 36.4 Å². The van der Waals surface area contributed by atoms with Crippen molar-refractivity contribution in [2.24, 2.45) is 0 Å².